The molecule has 140 valence electrons. The summed E-state index contributed by atoms with van der Waals surface area (Å²) in [6.45, 7) is 0.998. The van der Waals surface area contributed by atoms with Crippen LogP contribution in [0.5, 0.6) is 0 Å². The fourth-order valence-corrected chi connectivity index (χ4v) is 4.68. The van der Waals surface area contributed by atoms with Crippen LogP contribution in [0, 0.1) is 5.92 Å². The van der Waals surface area contributed by atoms with Gasteiger partial charge in [-0.25, -0.2) is 13.1 Å². The van der Waals surface area contributed by atoms with E-state index in [0.717, 1.165) is 0 Å². The smallest absolute Gasteiger partial charge is 0.240 e. The van der Waals surface area contributed by atoms with Crippen LogP contribution in [0.4, 0.5) is 0 Å². The van der Waals surface area contributed by atoms with Crippen LogP contribution in [0.1, 0.15) is 18.4 Å². The second kappa shape index (κ2) is 8.06. The minimum atomic E-state index is -3.79. The number of sulfonamides is 1. The van der Waals surface area contributed by atoms with Gasteiger partial charge >= 0.3 is 0 Å². The topological polar surface area (TPSA) is 75.6 Å². The summed E-state index contributed by atoms with van der Waals surface area (Å²) < 4.78 is 33.2. The first kappa shape index (κ1) is 19.3. The zero-order chi connectivity index (χ0) is 18.6. The number of benzene rings is 2. The van der Waals surface area contributed by atoms with Crippen LogP contribution in [-0.2, 0) is 20.4 Å². The van der Waals surface area contributed by atoms with E-state index < -0.39 is 15.6 Å². The van der Waals surface area contributed by atoms with Gasteiger partial charge in [0.15, 0.2) is 0 Å². The molecule has 2 N–H and O–H groups in total. The van der Waals surface area contributed by atoms with E-state index in [4.69, 9.17) is 16.3 Å². The largest absolute Gasteiger partial charge is 0.383 e. The van der Waals surface area contributed by atoms with Gasteiger partial charge < -0.3 is 9.84 Å². The molecule has 1 atom stereocenters. The van der Waals surface area contributed by atoms with Crippen molar-refractivity contribution in [1.29, 1.82) is 0 Å². The summed E-state index contributed by atoms with van der Waals surface area (Å²) in [5, 5.41) is 11.8. The van der Waals surface area contributed by atoms with Crippen LogP contribution in [0.25, 0.3) is 0 Å². The van der Waals surface area contributed by atoms with E-state index in [1.807, 2.05) is 30.3 Å². The Kier molecular flexibility index (Phi) is 5.99. The zero-order valence-electron chi connectivity index (χ0n) is 14.3. The Labute approximate surface area is 159 Å². The Bertz CT molecular complexity index is 838. The summed E-state index contributed by atoms with van der Waals surface area (Å²) in [4.78, 5) is 0.0763. The molecular weight excluding hydrogens is 374 g/mol. The molecule has 1 saturated heterocycles. The van der Waals surface area contributed by atoms with E-state index in [0.29, 0.717) is 36.6 Å². The number of aliphatic hydroxyl groups is 1. The maximum Gasteiger partial charge on any atom is 0.240 e. The first-order valence-electron chi connectivity index (χ1n) is 8.53. The van der Waals surface area contributed by atoms with Crippen LogP contribution in [-0.4, -0.2) is 33.3 Å². The lowest BCUT2D eigenvalue weighted by Gasteiger charge is -2.39. The van der Waals surface area contributed by atoms with E-state index in [2.05, 4.69) is 4.72 Å². The van der Waals surface area contributed by atoms with Crippen molar-refractivity contribution in [2.24, 2.45) is 5.92 Å². The van der Waals surface area contributed by atoms with Crippen molar-refractivity contribution in [2.45, 2.75) is 23.3 Å². The highest BCUT2D eigenvalue weighted by Crippen LogP contribution is 2.36. The lowest BCUT2D eigenvalue weighted by atomic mass is 9.77. The Balaban J connectivity index is 1.86. The second-order valence-corrected chi connectivity index (χ2v) is 8.66. The maximum atomic E-state index is 12.6. The standard InChI is InChI=1S/C19H22ClNO4S/c20-17-7-4-8-18(13-17)26(23,24)21-14-19(22,15-5-2-1-3-6-15)16-9-11-25-12-10-16/h1-8,13,16,21-22H,9-12,14H2. The molecule has 2 aromatic rings. The van der Waals surface area contributed by atoms with Gasteiger partial charge in [-0.2, -0.15) is 0 Å². The minimum Gasteiger partial charge on any atom is -0.383 e. The molecule has 1 aliphatic heterocycles. The monoisotopic (exact) mass is 395 g/mol. The van der Waals surface area contributed by atoms with Gasteiger partial charge in [-0.05, 0) is 42.5 Å². The molecule has 2 aromatic carbocycles. The molecule has 0 amide bonds. The molecule has 3 rings (SSSR count). The molecule has 1 heterocycles. The lowest BCUT2D eigenvalue weighted by Crippen LogP contribution is -2.47. The molecule has 5 nitrogen and oxygen atoms in total. The molecule has 0 radical (unpaired) electrons. The van der Waals surface area contributed by atoms with E-state index in [1.54, 1.807) is 12.1 Å². The van der Waals surface area contributed by atoms with Crippen molar-refractivity contribution in [3.8, 4) is 0 Å². The average molecular weight is 396 g/mol. The van der Waals surface area contributed by atoms with Gasteiger partial charge in [0.25, 0.3) is 0 Å². The Morgan fingerprint density at radius 1 is 1.12 bits per heavy atom. The number of hydrogen-bond acceptors (Lipinski definition) is 4. The van der Waals surface area contributed by atoms with Crippen LogP contribution < -0.4 is 4.72 Å². The van der Waals surface area contributed by atoms with E-state index in [1.165, 1.54) is 12.1 Å². The summed E-state index contributed by atoms with van der Waals surface area (Å²) in [6, 6.07) is 15.2. The van der Waals surface area contributed by atoms with Crippen molar-refractivity contribution in [3.05, 3.63) is 65.2 Å². The van der Waals surface area contributed by atoms with Gasteiger partial charge in [-0.3, -0.25) is 0 Å². The maximum absolute atomic E-state index is 12.6. The van der Waals surface area contributed by atoms with Gasteiger partial charge in [-0.1, -0.05) is 48.0 Å². The molecular formula is C19H22ClNO4S. The van der Waals surface area contributed by atoms with Crippen LogP contribution in [0.3, 0.4) is 0 Å². The third kappa shape index (κ3) is 4.27. The summed E-state index contributed by atoms with van der Waals surface area (Å²) in [7, 11) is -3.79. The molecule has 26 heavy (non-hydrogen) atoms. The number of hydrogen-bond donors (Lipinski definition) is 2. The summed E-state index contributed by atoms with van der Waals surface area (Å²) in [6.07, 6.45) is 1.34. The highest BCUT2D eigenvalue weighted by atomic mass is 35.5. The fraction of sp³-hybridized carbons (Fsp3) is 0.368. The van der Waals surface area contributed by atoms with Crippen LogP contribution in [0.15, 0.2) is 59.5 Å². The highest BCUT2D eigenvalue weighted by Gasteiger charge is 2.40. The third-order valence-electron chi connectivity index (χ3n) is 4.81. The van der Waals surface area contributed by atoms with Crippen molar-refractivity contribution in [3.63, 3.8) is 0 Å². The van der Waals surface area contributed by atoms with Gasteiger partial charge in [-0.15, -0.1) is 0 Å². The van der Waals surface area contributed by atoms with Crippen molar-refractivity contribution in [1.82, 2.24) is 4.72 Å². The number of nitrogens with one attached hydrogen (secondary N) is 1. The Hall–Kier alpha value is -1.44. The molecule has 0 saturated carbocycles. The Morgan fingerprint density at radius 3 is 2.46 bits per heavy atom. The summed E-state index contributed by atoms with van der Waals surface area (Å²) in [5.74, 6) is -0.0966. The van der Waals surface area contributed by atoms with Crippen LogP contribution in [0.2, 0.25) is 5.02 Å². The molecule has 1 fully saturated rings. The molecule has 1 aliphatic rings. The summed E-state index contributed by atoms with van der Waals surface area (Å²) >= 11 is 5.90. The Morgan fingerprint density at radius 2 is 1.81 bits per heavy atom. The van der Waals surface area contributed by atoms with Crippen molar-refractivity contribution < 1.29 is 18.3 Å². The van der Waals surface area contributed by atoms with Gasteiger partial charge in [0.1, 0.15) is 5.60 Å². The minimum absolute atomic E-state index is 0.0763. The predicted octanol–water partition coefficient (Wildman–Crippen LogP) is 2.93. The predicted molar refractivity (Wildman–Crippen MR) is 101 cm³/mol. The molecule has 0 aliphatic carbocycles. The van der Waals surface area contributed by atoms with Crippen molar-refractivity contribution >= 4 is 21.6 Å². The molecule has 0 aromatic heterocycles. The second-order valence-electron chi connectivity index (χ2n) is 6.46. The zero-order valence-corrected chi connectivity index (χ0v) is 15.8. The number of halogens is 1. The van der Waals surface area contributed by atoms with Gasteiger partial charge in [0.2, 0.25) is 10.0 Å². The highest BCUT2D eigenvalue weighted by molar-refractivity contribution is 7.89. The third-order valence-corrected chi connectivity index (χ3v) is 6.44. The first-order chi connectivity index (χ1) is 12.4. The summed E-state index contributed by atoms with van der Waals surface area (Å²) in [5.41, 5.74) is -0.614. The lowest BCUT2D eigenvalue weighted by molar-refractivity contribution is -0.0663. The molecule has 0 bridgehead atoms. The van der Waals surface area contributed by atoms with E-state index in [9.17, 15) is 13.5 Å². The molecule has 0 spiro atoms. The van der Waals surface area contributed by atoms with Gasteiger partial charge in [0.05, 0.1) is 4.90 Å². The molecule has 7 heteroatoms. The average Bonchev–Trinajstić information content (AvgIpc) is 2.67. The quantitative estimate of drug-likeness (QED) is 0.788. The van der Waals surface area contributed by atoms with E-state index in [-0.39, 0.29) is 17.4 Å². The fourth-order valence-electron chi connectivity index (χ4n) is 3.31. The SMILES string of the molecule is O=S(=O)(NCC(O)(c1ccccc1)C1CCOCC1)c1cccc(Cl)c1. The number of ether oxygens (including phenoxy) is 1. The van der Waals surface area contributed by atoms with E-state index >= 15 is 0 Å². The first-order valence-corrected chi connectivity index (χ1v) is 10.4. The van der Waals surface area contributed by atoms with Gasteiger partial charge in [0, 0.05) is 24.8 Å². The number of rotatable bonds is 6. The van der Waals surface area contributed by atoms with Crippen LogP contribution >= 0.6 is 11.6 Å². The molecule has 1 unspecified atom stereocenters. The van der Waals surface area contributed by atoms with Crippen molar-refractivity contribution in [2.75, 3.05) is 19.8 Å². The normalized spacial score (nSPS) is 18.4.